The number of ether oxygens (including phenoxy) is 1. The third kappa shape index (κ3) is 2.65. The number of nitrogens with zero attached hydrogens (tertiary/aromatic N) is 5. The second kappa shape index (κ2) is 6.04. The molecule has 3 aromatic heterocycles. The topological polar surface area (TPSA) is 108 Å². The van der Waals surface area contributed by atoms with E-state index < -0.39 is 0 Å². The van der Waals surface area contributed by atoms with Crippen LogP contribution in [0.3, 0.4) is 0 Å². The molecule has 1 aliphatic heterocycles. The minimum atomic E-state index is 0.149. The highest BCUT2D eigenvalue weighted by Crippen LogP contribution is 2.34. The first-order valence-electron chi connectivity index (χ1n) is 8.51. The molecule has 27 heavy (non-hydrogen) atoms. The van der Waals surface area contributed by atoms with Crippen molar-refractivity contribution in [2.75, 3.05) is 18.9 Å². The molecule has 5 rings (SSSR count). The molecule has 136 valence electrons. The third-order valence-corrected chi connectivity index (χ3v) is 4.94. The number of anilines is 1. The number of aromatic amines is 1. The van der Waals surface area contributed by atoms with Crippen molar-refractivity contribution < 1.29 is 4.74 Å². The van der Waals surface area contributed by atoms with Gasteiger partial charge in [-0.15, -0.1) is 0 Å². The maximum atomic E-state index is 6.43. The van der Waals surface area contributed by atoms with Crippen LogP contribution in [-0.2, 0) is 4.74 Å². The molecule has 0 radical (unpaired) electrons. The van der Waals surface area contributed by atoms with E-state index in [1.807, 2.05) is 31.3 Å². The number of hydrogen-bond donors (Lipinski definition) is 2. The fourth-order valence-corrected chi connectivity index (χ4v) is 3.44. The lowest BCUT2D eigenvalue weighted by molar-refractivity contribution is 0.00695. The molecule has 0 bridgehead atoms. The molecule has 4 heterocycles. The third-order valence-electron chi connectivity index (χ3n) is 4.65. The number of nitrogens with one attached hydrogen (secondary N) is 1. The van der Waals surface area contributed by atoms with Gasteiger partial charge in [-0.2, -0.15) is 5.10 Å². The van der Waals surface area contributed by atoms with Crippen molar-refractivity contribution in [1.82, 2.24) is 29.7 Å². The Labute approximate surface area is 159 Å². The molecule has 3 N–H and O–H groups in total. The minimum absolute atomic E-state index is 0.149. The van der Waals surface area contributed by atoms with Crippen molar-refractivity contribution in [2.24, 2.45) is 0 Å². The van der Waals surface area contributed by atoms with Crippen LogP contribution in [0.15, 0.2) is 30.7 Å². The summed E-state index contributed by atoms with van der Waals surface area (Å²) >= 11 is 6.43. The van der Waals surface area contributed by atoms with Crippen LogP contribution < -0.4 is 5.73 Å². The van der Waals surface area contributed by atoms with Gasteiger partial charge in [-0.05, 0) is 25.1 Å². The van der Waals surface area contributed by atoms with E-state index in [-0.39, 0.29) is 5.92 Å². The SMILES string of the molecule is Cc1ccn(-c2nc(N)c(C3COC3)nc2-c2cc(Cl)c3nc[nH]c3c2)n1. The van der Waals surface area contributed by atoms with Crippen LogP contribution in [0.25, 0.3) is 28.1 Å². The van der Waals surface area contributed by atoms with E-state index in [0.29, 0.717) is 41.1 Å². The van der Waals surface area contributed by atoms with Gasteiger partial charge in [0.1, 0.15) is 17.0 Å². The number of aromatic nitrogens is 6. The Kier molecular flexibility index (Phi) is 3.63. The zero-order chi connectivity index (χ0) is 18.5. The molecule has 1 aromatic carbocycles. The van der Waals surface area contributed by atoms with Crippen LogP contribution in [0, 0.1) is 6.92 Å². The minimum Gasteiger partial charge on any atom is -0.382 e. The summed E-state index contributed by atoms with van der Waals surface area (Å²) in [6.45, 7) is 3.11. The van der Waals surface area contributed by atoms with Crippen LogP contribution in [-0.4, -0.2) is 42.9 Å². The highest BCUT2D eigenvalue weighted by molar-refractivity contribution is 6.35. The Bertz CT molecular complexity index is 1160. The van der Waals surface area contributed by atoms with E-state index in [2.05, 4.69) is 20.1 Å². The standard InChI is InChI=1S/C18H16ClN7O/c1-9-2-3-26(25-9)18-15(23-14(17(20)24-18)11-6-27-7-11)10-4-12(19)16-13(5-10)21-8-22-16/h2-5,8,11H,6-7H2,1H3,(H2,20,24)(H,21,22). The Morgan fingerprint density at radius 3 is 2.85 bits per heavy atom. The zero-order valence-electron chi connectivity index (χ0n) is 14.5. The van der Waals surface area contributed by atoms with E-state index in [0.717, 1.165) is 22.5 Å². The number of fused-ring (bicyclic) bond motifs is 1. The summed E-state index contributed by atoms with van der Waals surface area (Å²) in [6.07, 6.45) is 3.45. The van der Waals surface area contributed by atoms with Crippen LogP contribution >= 0.6 is 11.6 Å². The first-order valence-corrected chi connectivity index (χ1v) is 8.89. The van der Waals surface area contributed by atoms with Gasteiger partial charge in [-0.1, -0.05) is 11.6 Å². The number of hydrogen-bond acceptors (Lipinski definition) is 6. The van der Waals surface area contributed by atoms with Crippen LogP contribution in [0.4, 0.5) is 5.82 Å². The van der Waals surface area contributed by atoms with Gasteiger partial charge < -0.3 is 15.5 Å². The molecule has 1 saturated heterocycles. The summed E-state index contributed by atoms with van der Waals surface area (Å²) in [5.74, 6) is 1.10. The fourth-order valence-electron chi connectivity index (χ4n) is 3.18. The van der Waals surface area contributed by atoms with Gasteiger partial charge in [0.25, 0.3) is 0 Å². The maximum absolute atomic E-state index is 6.43. The molecule has 0 aliphatic carbocycles. The quantitative estimate of drug-likeness (QED) is 0.565. The summed E-state index contributed by atoms with van der Waals surface area (Å²) in [6, 6.07) is 5.70. The Morgan fingerprint density at radius 1 is 1.30 bits per heavy atom. The molecule has 4 aromatic rings. The van der Waals surface area contributed by atoms with Crippen molar-refractivity contribution in [3.8, 4) is 17.1 Å². The molecule has 0 saturated carbocycles. The van der Waals surface area contributed by atoms with E-state index >= 15 is 0 Å². The van der Waals surface area contributed by atoms with Gasteiger partial charge in [0, 0.05) is 11.8 Å². The van der Waals surface area contributed by atoms with E-state index in [1.165, 1.54) is 0 Å². The molecule has 0 unspecified atom stereocenters. The largest absolute Gasteiger partial charge is 0.382 e. The summed E-state index contributed by atoms with van der Waals surface area (Å²) in [4.78, 5) is 16.8. The average Bonchev–Trinajstić information content (AvgIpc) is 3.23. The van der Waals surface area contributed by atoms with Gasteiger partial charge in [0.05, 0.1) is 47.4 Å². The average molecular weight is 382 g/mol. The van der Waals surface area contributed by atoms with Gasteiger partial charge in [-0.3, -0.25) is 0 Å². The summed E-state index contributed by atoms with van der Waals surface area (Å²) < 4.78 is 6.98. The van der Waals surface area contributed by atoms with Crippen molar-refractivity contribution in [3.63, 3.8) is 0 Å². The van der Waals surface area contributed by atoms with Gasteiger partial charge >= 0.3 is 0 Å². The van der Waals surface area contributed by atoms with Crippen LogP contribution in [0.1, 0.15) is 17.3 Å². The zero-order valence-corrected chi connectivity index (χ0v) is 15.2. The molecule has 8 nitrogen and oxygen atoms in total. The molecule has 0 atom stereocenters. The van der Waals surface area contributed by atoms with Gasteiger partial charge in [0.15, 0.2) is 5.82 Å². The van der Waals surface area contributed by atoms with Crippen molar-refractivity contribution in [2.45, 2.75) is 12.8 Å². The molecule has 1 fully saturated rings. The summed E-state index contributed by atoms with van der Waals surface area (Å²) in [5.41, 5.74) is 10.8. The monoisotopic (exact) mass is 381 g/mol. The summed E-state index contributed by atoms with van der Waals surface area (Å²) in [5, 5.41) is 5.01. The number of aryl methyl sites for hydroxylation is 1. The van der Waals surface area contributed by atoms with Gasteiger partial charge in [-0.25, -0.2) is 19.6 Å². The first kappa shape index (κ1) is 16.2. The van der Waals surface area contributed by atoms with Crippen LogP contribution in [0.2, 0.25) is 5.02 Å². The van der Waals surface area contributed by atoms with Gasteiger partial charge in [0.2, 0.25) is 0 Å². The molecule has 0 spiro atoms. The molecule has 0 amide bonds. The number of rotatable bonds is 3. The number of imidazole rings is 1. The second-order valence-corrected chi connectivity index (χ2v) is 6.97. The number of halogens is 1. The maximum Gasteiger partial charge on any atom is 0.182 e. The van der Waals surface area contributed by atoms with Crippen molar-refractivity contribution >= 4 is 28.5 Å². The number of nitrogens with two attached hydrogens (primary N) is 1. The first-order chi connectivity index (χ1) is 13.1. The number of H-pyrrole nitrogens is 1. The van der Waals surface area contributed by atoms with Crippen molar-refractivity contribution in [1.29, 1.82) is 0 Å². The lowest BCUT2D eigenvalue weighted by Gasteiger charge is -2.26. The van der Waals surface area contributed by atoms with Crippen molar-refractivity contribution in [3.05, 3.63) is 47.1 Å². The molecular weight excluding hydrogens is 366 g/mol. The highest BCUT2D eigenvalue weighted by Gasteiger charge is 2.27. The lowest BCUT2D eigenvalue weighted by Crippen LogP contribution is -2.28. The molecule has 1 aliphatic rings. The molecular formula is C18H16ClN7O. The Hall–Kier alpha value is -2.97. The normalized spacial score (nSPS) is 14.6. The Morgan fingerprint density at radius 2 is 2.15 bits per heavy atom. The predicted octanol–water partition coefficient (Wildman–Crippen LogP) is 2.86. The predicted molar refractivity (Wildman–Crippen MR) is 102 cm³/mol. The Balaban J connectivity index is 1.76. The van der Waals surface area contributed by atoms with E-state index in [1.54, 1.807) is 11.0 Å². The second-order valence-electron chi connectivity index (χ2n) is 6.56. The summed E-state index contributed by atoms with van der Waals surface area (Å²) in [7, 11) is 0. The van der Waals surface area contributed by atoms with E-state index in [9.17, 15) is 0 Å². The molecule has 9 heteroatoms. The number of benzene rings is 1. The lowest BCUT2D eigenvalue weighted by atomic mass is 10.0. The fraction of sp³-hybridized carbons (Fsp3) is 0.222. The number of nitrogen functional groups attached to an aromatic ring is 1. The highest BCUT2D eigenvalue weighted by atomic mass is 35.5. The van der Waals surface area contributed by atoms with Crippen LogP contribution in [0.5, 0.6) is 0 Å². The van der Waals surface area contributed by atoms with E-state index in [4.69, 9.17) is 27.1 Å². The smallest absolute Gasteiger partial charge is 0.182 e.